The topological polar surface area (TPSA) is 49.3 Å². The smallest absolute Gasteiger partial charge is 0.150 e. The van der Waals surface area contributed by atoms with Gasteiger partial charge in [0.2, 0.25) is 0 Å². The van der Waals surface area contributed by atoms with Crippen molar-refractivity contribution in [3.63, 3.8) is 0 Å². The number of benzene rings is 1. The van der Waals surface area contributed by atoms with E-state index in [-0.39, 0.29) is 11.7 Å². The summed E-state index contributed by atoms with van der Waals surface area (Å²) in [6, 6.07) is 5.58. The Hall–Kier alpha value is -1.75. The van der Waals surface area contributed by atoms with Crippen LogP contribution in [0.15, 0.2) is 23.4 Å². The van der Waals surface area contributed by atoms with E-state index in [0.29, 0.717) is 18.1 Å². The third-order valence-electron chi connectivity index (χ3n) is 3.59. The highest BCUT2D eigenvalue weighted by molar-refractivity contribution is 5.87. The van der Waals surface area contributed by atoms with Crippen molar-refractivity contribution >= 4 is 6.21 Å². The monoisotopic (exact) mass is 293 g/mol. The lowest BCUT2D eigenvalue weighted by molar-refractivity contribution is -0.123. The van der Waals surface area contributed by atoms with Crippen LogP contribution in [0.4, 0.5) is 0 Å². The Kier molecular flexibility index (Phi) is 5.07. The van der Waals surface area contributed by atoms with Crippen molar-refractivity contribution < 1.29 is 19.0 Å². The van der Waals surface area contributed by atoms with E-state index in [1.165, 1.54) is 0 Å². The molecule has 5 nitrogen and oxygen atoms in total. The van der Waals surface area contributed by atoms with E-state index in [9.17, 15) is 0 Å². The zero-order valence-corrected chi connectivity index (χ0v) is 13.1. The van der Waals surface area contributed by atoms with Gasteiger partial charge in [0.1, 0.15) is 11.5 Å². The van der Waals surface area contributed by atoms with Crippen molar-refractivity contribution in [2.45, 2.75) is 38.4 Å². The zero-order valence-electron chi connectivity index (χ0n) is 13.1. The highest BCUT2D eigenvalue weighted by atomic mass is 16.7. The molecule has 1 unspecified atom stereocenters. The van der Waals surface area contributed by atoms with Crippen LogP contribution >= 0.6 is 0 Å². The molecule has 1 heterocycles. The van der Waals surface area contributed by atoms with E-state index in [4.69, 9.17) is 19.0 Å². The fourth-order valence-electron chi connectivity index (χ4n) is 2.24. The summed E-state index contributed by atoms with van der Waals surface area (Å²) in [6.45, 7) is 4.74. The normalized spacial score (nSPS) is 21.2. The third-order valence-corrected chi connectivity index (χ3v) is 3.59. The predicted molar refractivity (Wildman–Crippen MR) is 81.3 cm³/mol. The van der Waals surface area contributed by atoms with E-state index in [0.717, 1.165) is 18.4 Å². The van der Waals surface area contributed by atoms with E-state index in [1.54, 1.807) is 20.4 Å². The second kappa shape index (κ2) is 6.80. The highest BCUT2D eigenvalue weighted by Crippen LogP contribution is 2.27. The molecule has 21 heavy (non-hydrogen) atoms. The van der Waals surface area contributed by atoms with Crippen molar-refractivity contribution in [1.82, 2.24) is 0 Å². The van der Waals surface area contributed by atoms with Gasteiger partial charge in [0.15, 0.2) is 6.10 Å². The van der Waals surface area contributed by atoms with Crippen LogP contribution in [0.3, 0.4) is 0 Å². The average molecular weight is 293 g/mol. The molecule has 0 N–H and O–H groups in total. The molecule has 1 saturated heterocycles. The number of rotatable bonds is 5. The van der Waals surface area contributed by atoms with Crippen molar-refractivity contribution in [3.05, 3.63) is 23.8 Å². The molecule has 1 aromatic carbocycles. The fraction of sp³-hybridized carbons (Fsp3) is 0.562. The van der Waals surface area contributed by atoms with Crippen LogP contribution in [0.1, 0.15) is 32.3 Å². The lowest BCUT2D eigenvalue weighted by atomic mass is 9.97. The summed E-state index contributed by atoms with van der Waals surface area (Å²) in [4.78, 5) is 5.51. The van der Waals surface area contributed by atoms with Crippen LogP contribution in [0.2, 0.25) is 0 Å². The van der Waals surface area contributed by atoms with E-state index < -0.39 is 0 Å². The van der Waals surface area contributed by atoms with Crippen LogP contribution in [-0.4, -0.2) is 38.7 Å². The molecule has 0 bridgehead atoms. The first-order valence-electron chi connectivity index (χ1n) is 7.10. The quantitative estimate of drug-likeness (QED) is 0.618. The average Bonchev–Trinajstić information content (AvgIpc) is 2.49. The Morgan fingerprint density at radius 3 is 2.43 bits per heavy atom. The summed E-state index contributed by atoms with van der Waals surface area (Å²) in [5.74, 6) is 1.39. The van der Waals surface area contributed by atoms with Gasteiger partial charge < -0.3 is 19.0 Å². The largest absolute Gasteiger partial charge is 0.496 e. The first-order chi connectivity index (χ1) is 10.1. The van der Waals surface area contributed by atoms with Gasteiger partial charge in [0.05, 0.1) is 38.2 Å². The number of hydrogen-bond acceptors (Lipinski definition) is 5. The minimum absolute atomic E-state index is 0.00465. The lowest BCUT2D eigenvalue weighted by Crippen LogP contribution is -2.36. The van der Waals surface area contributed by atoms with Crippen molar-refractivity contribution in [2.24, 2.45) is 5.16 Å². The molecule has 1 fully saturated rings. The summed E-state index contributed by atoms with van der Waals surface area (Å²) in [5, 5.41) is 4.07. The molecule has 0 aromatic heterocycles. The number of ether oxygens (including phenoxy) is 3. The van der Waals surface area contributed by atoms with Gasteiger partial charge in [-0.1, -0.05) is 11.2 Å². The van der Waals surface area contributed by atoms with Crippen molar-refractivity contribution in [3.8, 4) is 11.5 Å². The predicted octanol–water partition coefficient (Wildman–Crippen LogP) is 3.01. The molecule has 1 aliphatic rings. The minimum Gasteiger partial charge on any atom is -0.496 e. The maximum atomic E-state index is 5.72. The second-order valence-electron chi connectivity index (χ2n) is 5.65. The molecule has 116 valence electrons. The highest BCUT2D eigenvalue weighted by Gasteiger charge is 2.28. The van der Waals surface area contributed by atoms with Gasteiger partial charge in [-0.3, -0.25) is 0 Å². The van der Waals surface area contributed by atoms with Gasteiger partial charge in [0.25, 0.3) is 0 Å². The molecule has 1 atom stereocenters. The van der Waals surface area contributed by atoms with E-state index in [1.807, 2.05) is 18.2 Å². The molecule has 0 radical (unpaired) electrons. The maximum absolute atomic E-state index is 5.72. The Bertz CT molecular complexity index is 467. The van der Waals surface area contributed by atoms with Crippen molar-refractivity contribution in [2.75, 3.05) is 20.8 Å². The third kappa shape index (κ3) is 4.11. The molecule has 1 aromatic rings. The molecule has 0 saturated carbocycles. The number of methoxy groups -OCH3 is 2. The first-order valence-corrected chi connectivity index (χ1v) is 7.10. The molecule has 5 heteroatoms. The van der Waals surface area contributed by atoms with E-state index >= 15 is 0 Å². The summed E-state index contributed by atoms with van der Waals surface area (Å²) >= 11 is 0. The van der Waals surface area contributed by atoms with Gasteiger partial charge in [-0.2, -0.15) is 0 Å². The minimum atomic E-state index is -0.0601. The van der Waals surface area contributed by atoms with Gasteiger partial charge in [-0.25, -0.2) is 0 Å². The number of oxime groups is 1. The lowest BCUT2D eigenvalue weighted by Gasteiger charge is -2.33. The fourth-order valence-corrected chi connectivity index (χ4v) is 2.24. The molecular weight excluding hydrogens is 270 g/mol. The van der Waals surface area contributed by atoms with Crippen molar-refractivity contribution in [1.29, 1.82) is 0 Å². The molecule has 0 amide bonds. The van der Waals surface area contributed by atoms with Gasteiger partial charge >= 0.3 is 0 Å². The van der Waals surface area contributed by atoms with Gasteiger partial charge in [0, 0.05) is 0 Å². The second-order valence-corrected chi connectivity index (χ2v) is 5.65. The molecule has 0 aliphatic carbocycles. The summed E-state index contributed by atoms with van der Waals surface area (Å²) < 4.78 is 16.3. The van der Waals surface area contributed by atoms with Crippen LogP contribution < -0.4 is 9.47 Å². The molecule has 0 spiro atoms. The van der Waals surface area contributed by atoms with Crippen LogP contribution in [-0.2, 0) is 9.57 Å². The Morgan fingerprint density at radius 2 is 1.90 bits per heavy atom. The van der Waals surface area contributed by atoms with Crippen LogP contribution in [0, 0.1) is 0 Å². The van der Waals surface area contributed by atoms with Crippen LogP contribution in [0.5, 0.6) is 11.5 Å². The summed E-state index contributed by atoms with van der Waals surface area (Å²) in [7, 11) is 3.23. The summed E-state index contributed by atoms with van der Waals surface area (Å²) in [5.41, 5.74) is 0.703. The van der Waals surface area contributed by atoms with E-state index in [2.05, 4.69) is 19.0 Å². The molecular formula is C16H23NO4. The number of nitrogens with zero attached hydrogens (tertiary/aromatic N) is 1. The Morgan fingerprint density at radius 1 is 1.24 bits per heavy atom. The molecule has 1 aliphatic heterocycles. The van der Waals surface area contributed by atoms with Gasteiger partial charge in [-0.15, -0.1) is 0 Å². The van der Waals surface area contributed by atoms with Gasteiger partial charge in [-0.05, 0) is 38.8 Å². The zero-order chi connectivity index (χ0) is 15.3. The summed E-state index contributed by atoms with van der Waals surface area (Å²) in [6.07, 6.45) is 3.52. The maximum Gasteiger partial charge on any atom is 0.150 e. The Labute approximate surface area is 125 Å². The SMILES string of the molecule is COc1cccc(OC)c1/C=N/OC1CCC(C)(C)OC1. The molecule has 2 rings (SSSR count). The Balaban J connectivity index is 1.99. The standard InChI is InChI=1S/C16H23NO4/c1-16(2)9-8-12(11-20-16)21-17-10-13-14(18-3)6-5-7-15(13)19-4/h5-7,10,12H,8-9,11H2,1-4H3/b17-10+. The number of hydrogen-bond donors (Lipinski definition) is 0. The van der Waals surface area contributed by atoms with Crippen LogP contribution in [0.25, 0.3) is 0 Å². The first kappa shape index (κ1) is 15.6.